The Kier molecular flexibility index (Phi) is 4.77. The highest BCUT2D eigenvalue weighted by atomic mass is 32.2. The summed E-state index contributed by atoms with van der Waals surface area (Å²) < 4.78 is 23.6. The van der Waals surface area contributed by atoms with Crippen molar-refractivity contribution in [2.24, 2.45) is 0 Å². The number of benzene rings is 1. The highest BCUT2D eigenvalue weighted by Crippen LogP contribution is 2.36. The first-order chi connectivity index (χ1) is 9.84. The van der Waals surface area contributed by atoms with Crippen LogP contribution in [0.2, 0.25) is 0 Å². The number of hydrogen-bond acceptors (Lipinski definition) is 6. The summed E-state index contributed by atoms with van der Waals surface area (Å²) in [4.78, 5) is 12.5. The van der Waals surface area contributed by atoms with Crippen molar-refractivity contribution in [2.75, 3.05) is 30.0 Å². The number of hydrogen-bond donors (Lipinski definition) is 0. The third-order valence-electron chi connectivity index (χ3n) is 3.49. The van der Waals surface area contributed by atoms with Crippen LogP contribution in [0.4, 0.5) is 11.4 Å². The Labute approximate surface area is 128 Å². The normalized spacial score (nSPS) is 19.5. The van der Waals surface area contributed by atoms with Crippen LogP contribution in [-0.2, 0) is 9.84 Å². The van der Waals surface area contributed by atoms with E-state index in [1.807, 2.05) is 16.7 Å². The van der Waals surface area contributed by atoms with Gasteiger partial charge in [-0.2, -0.15) is 11.8 Å². The van der Waals surface area contributed by atoms with Crippen LogP contribution < -0.4 is 4.90 Å². The van der Waals surface area contributed by atoms with Gasteiger partial charge >= 0.3 is 5.69 Å². The lowest BCUT2D eigenvalue weighted by Crippen LogP contribution is -2.38. The topological polar surface area (TPSA) is 80.5 Å². The molecule has 1 atom stereocenters. The lowest BCUT2D eigenvalue weighted by atomic mass is 10.2. The molecule has 1 aliphatic heterocycles. The molecule has 6 nitrogen and oxygen atoms in total. The predicted molar refractivity (Wildman–Crippen MR) is 85.0 cm³/mol. The second-order valence-electron chi connectivity index (χ2n) is 5.00. The van der Waals surface area contributed by atoms with Crippen molar-refractivity contribution < 1.29 is 13.3 Å². The molecule has 1 aromatic rings. The van der Waals surface area contributed by atoms with E-state index in [0.29, 0.717) is 24.0 Å². The quantitative estimate of drug-likeness (QED) is 0.622. The molecule has 1 aromatic carbocycles. The van der Waals surface area contributed by atoms with Crippen molar-refractivity contribution in [1.82, 2.24) is 0 Å². The fraction of sp³-hybridized carbons (Fsp3) is 0.538. The van der Waals surface area contributed by atoms with Gasteiger partial charge in [0, 0.05) is 30.3 Å². The zero-order chi connectivity index (χ0) is 15.6. The van der Waals surface area contributed by atoms with Crippen LogP contribution >= 0.6 is 11.8 Å². The number of sulfone groups is 1. The number of rotatable bonds is 4. The lowest BCUT2D eigenvalue weighted by Gasteiger charge is -2.33. The van der Waals surface area contributed by atoms with Gasteiger partial charge in [0.1, 0.15) is 10.6 Å². The van der Waals surface area contributed by atoms with Gasteiger partial charge in [0.2, 0.25) is 0 Å². The molecule has 1 unspecified atom stereocenters. The summed E-state index contributed by atoms with van der Waals surface area (Å²) in [5.74, 6) is 0.888. The molecule has 0 bridgehead atoms. The summed E-state index contributed by atoms with van der Waals surface area (Å²) in [6.45, 7) is 3.48. The van der Waals surface area contributed by atoms with Gasteiger partial charge in [-0.15, -0.1) is 0 Å². The molecule has 0 spiro atoms. The van der Waals surface area contributed by atoms with E-state index in [-0.39, 0.29) is 10.6 Å². The third kappa shape index (κ3) is 3.49. The summed E-state index contributed by atoms with van der Waals surface area (Å²) in [5, 5.41) is 11.8. The summed E-state index contributed by atoms with van der Waals surface area (Å²) in [6.07, 6.45) is 1.99. The van der Waals surface area contributed by atoms with Crippen LogP contribution in [0.25, 0.3) is 0 Å². The van der Waals surface area contributed by atoms with Crippen LogP contribution in [0.1, 0.15) is 13.3 Å². The van der Waals surface area contributed by atoms with Gasteiger partial charge < -0.3 is 4.90 Å². The molecule has 116 valence electrons. The maximum Gasteiger partial charge on any atom is 0.311 e. The molecular formula is C13H18N2O4S2. The van der Waals surface area contributed by atoms with Crippen molar-refractivity contribution in [3.8, 4) is 0 Å². The molecule has 0 amide bonds. The van der Waals surface area contributed by atoms with Crippen LogP contribution in [0.5, 0.6) is 0 Å². The van der Waals surface area contributed by atoms with E-state index in [2.05, 4.69) is 6.92 Å². The van der Waals surface area contributed by atoms with Crippen LogP contribution in [0, 0.1) is 10.1 Å². The Hall–Kier alpha value is -1.28. The second kappa shape index (κ2) is 6.23. The van der Waals surface area contributed by atoms with E-state index in [0.717, 1.165) is 18.4 Å². The van der Waals surface area contributed by atoms with Crippen molar-refractivity contribution in [3.05, 3.63) is 28.3 Å². The van der Waals surface area contributed by atoms with Crippen LogP contribution in [-0.4, -0.2) is 43.7 Å². The van der Waals surface area contributed by atoms with E-state index >= 15 is 0 Å². The zero-order valence-electron chi connectivity index (χ0n) is 12.0. The Morgan fingerprint density at radius 3 is 2.76 bits per heavy atom. The molecule has 8 heteroatoms. The largest absolute Gasteiger partial charge is 0.364 e. The number of nitro groups is 1. The molecule has 21 heavy (non-hydrogen) atoms. The molecule has 0 aliphatic carbocycles. The first-order valence-electron chi connectivity index (χ1n) is 6.68. The molecule has 0 N–H and O–H groups in total. The standard InChI is InChI=1S/C13H18N2O4S2/c1-3-10-9-14(7-8-20-10)11-5-4-6-12(21(2,18)19)13(11)15(16)17/h4-6,10H,3,7-9H2,1-2H3. The maximum atomic E-state index is 11.8. The van der Waals surface area contributed by atoms with E-state index in [1.165, 1.54) is 6.07 Å². The molecule has 1 fully saturated rings. The predicted octanol–water partition coefficient (Wildman–Crippen LogP) is 2.33. The summed E-state index contributed by atoms with van der Waals surface area (Å²) in [6, 6.07) is 4.50. The van der Waals surface area contributed by atoms with Gasteiger partial charge in [0.15, 0.2) is 9.84 Å². The number of nitro benzene ring substituents is 1. The number of anilines is 1. The van der Waals surface area contributed by atoms with Gasteiger partial charge in [-0.05, 0) is 18.6 Å². The van der Waals surface area contributed by atoms with Crippen molar-refractivity contribution in [1.29, 1.82) is 0 Å². The average Bonchev–Trinajstić information content (AvgIpc) is 2.45. The van der Waals surface area contributed by atoms with Crippen LogP contribution in [0.3, 0.4) is 0 Å². The fourth-order valence-corrected chi connectivity index (χ4v) is 4.47. The van der Waals surface area contributed by atoms with E-state index < -0.39 is 14.8 Å². The van der Waals surface area contributed by atoms with E-state index in [1.54, 1.807) is 12.1 Å². The van der Waals surface area contributed by atoms with Crippen molar-refractivity contribution in [3.63, 3.8) is 0 Å². The SMILES string of the molecule is CCC1CN(c2cccc(S(C)(=O)=O)c2[N+](=O)[O-])CCS1. The second-order valence-corrected chi connectivity index (χ2v) is 8.39. The van der Waals surface area contributed by atoms with E-state index in [4.69, 9.17) is 0 Å². The Morgan fingerprint density at radius 1 is 1.48 bits per heavy atom. The van der Waals surface area contributed by atoms with Crippen molar-refractivity contribution in [2.45, 2.75) is 23.5 Å². The molecule has 1 heterocycles. The Balaban J connectivity index is 2.51. The Bertz CT molecular complexity index is 646. The molecular weight excluding hydrogens is 312 g/mol. The number of para-hydroxylation sites is 1. The first kappa shape index (κ1) is 16.1. The Morgan fingerprint density at radius 2 is 2.19 bits per heavy atom. The molecule has 0 aromatic heterocycles. The first-order valence-corrected chi connectivity index (χ1v) is 9.62. The minimum Gasteiger partial charge on any atom is -0.364 e. The van der Waals surface area contributed by atoms with Crippen molar-refractivity contribution >= 4 is 33.0 Å². The van der Waals surface area contributed by atoms with Gasteiger partial charge in [0.05, 0.1) is 4.92 Å². The smallest absolute Gasteiger partial charge is 0.311 e. The molecule has 1 saturated heterocycles. The number of nitrogens with zero attached hydrogens (tertiary/aromatic N) is 2. The van der Waals surface area contributed by atoms with Gasteiger partial charge in [-0.3, -0.25) is 10.1 Å². The average molecular weight is 330 g/mol. The summed E-state index contributed by atoms with van der Waals surface area (Å²) in [7, 11) is -3.63. The van der Waals surface area contributed by atoms with Gasteiger partial charge in [-0.25, -0.2) is 8.42 Å². The van der Waals surface area contributed by atoms with Crippen LogP contribution in [0.15, 0.2) is 23.1 Å². The third-order valence-corrected chi connectivity index (χ3v) is 6.00. The molecule has 2 rings (SSSR count). The summed E-state index contributed by atoms with van der Waals surface area (Å²) in [5.41, 5.74) is 0.100. The zero-order valence-corrected chi connectivity index (χ0v) is 13.6. The molecule has 0 saturated carbocycles. The van der Waals surface area contributed by atoms with E-state index in [9.17, 15) is 18.5 Å². The minimum absolute atomic E-state index is 0.212. The monoisotopic (exact) mass is 330 g/mol. The summed E-state index contributed by atoms with van der Waals surface area (Å²) >= 11 is 1.86. The number of thioether (sulfide) groups is 1. The highest BCUT2D eigenvalue weighted by molar-refractivity contribution is 8.00. The maximum absolute atomic E-state index is 11.8. The lowest BCUT2D eigenvalue weighted by molar-refractivity contribution is -0.387. The van der Waals surface area contributed by atoms with Gasteiger partial charge in [0.25, 0.3) is 0 Å². The fourth-order valence-electron chi connectivity index (χ4n) is 2.43. The van der Waals surface area contributed by atoms with Gasteiger partial charge in [-0.1, -0.05) is 13.0 Å². The minimum atomic E-state index is -3.63. The highest BCUT2D eigenvalue weighted by Gasteiger charge is 2.30. The molecule has 1 aliphatic rings. The molecule has 0 radical (unpaired) electrons.